The Kier molecular flexibility index (Phi) is 2.10. The number of carbonyl (C=O) groups is 1. The first-order valence-electron chi connectivity index (χ1n) is 4.16. The third-order valence-corrected chi connectivity index (χ3v) is 1.92. The normalized spacial score (nSPS) is 10.1. The van der Waals surface area contributed by atoms with Crippen molar-refractivity contribution in [3.63, 3.8) is 0 Å². The Morgan fingerprint density at radius 2 is 2.07 bits per heavy atom. The summed E-state index contributed by atoms with van der Waals surface area (Å²) in [7, 11) is 0. The Morgan fingerprint density at radius 3 is 2.71 bits per heavy atom. The van der Waals surface area contributed by atoms with Crippen molar-refractivity contribution in [1.29, 1.82) is 0 Å². The van der Waals surface area contributed by atoms with Crippen molar-refractivity contribution in [2.75, 3.05) is 0 Å². The van der Waals surface area contributed by atoms with E-state index in [4.69, 9.17) is 4.42 Å². The van der Waals surface area contributed by atoms with Gasteiger partial charge in [0, 0.05) is 5.56 Å². The van der Waals surface area contributed by atoms with Crippen LogP contribution in [0.3, 0.4) is 0 Å². The first-order chi connectivity index (χ1) is 6.81. The summed E-state index contributed by atoms with van der Waals surface area (Å²) < 4.78 is 5.11. The number of aromatic nitrogens is 2. The van der Waals surface area contributed by atoms with Gasteiger partial charge in [0.05, 0.1) is 0 Å². The standard InChI is InChI=1S/C10H8N2O2/c1-7-4-2-3-5-8(7)10-12-11-9(6-13)14-10/h2-6H,1H3. The Labute approximate surface area is 80.6 Å². The molecule has 4 nitrogen and oxygen atoms in total. The van der Waals surface area contributed by atoms with Crippen molar-refractivity contribution < 1.29 is 9.21 Å². The fourth-order valence-electron chi connectivity index (χ4n) is 1.20. The summed E-state index contributed by atoms with van der Waals surface area (Å²) >= 11 is 0. The molecule has 70 valence electrons. The number of aryl methyl sites for hydroxylation is 1. The zero-order chi connectivity index (χ0) is 9.97. The second-order valence-corrected chi connectivity index (χ2v) is 2.88. The molecule has 0 unspecified atom stereocenters. The van der Waals surface area contributed by atoms with Crippen molar-refractivity contribution in [2.24, 2.45) is 0 Å². The van der Waals surface area contributed by atoms with Crippen LogP contribution in [0.5, 0.6) is 0 Å². The summed E-state index contributed by atoms with van der Waals surface area (Å²) in [6.07, 6.45) is 0.536. The van der Waals surface area contributed by atoms with Crippen molar-refractivity contribution in [3.8, 4) is 11.5 Å². The number of aldehydes is 1. The second kappa shape index (κ2) is 3.41. The van der Waals surface area contributed by atoms with Gasteiger partial charge in [-0.1, -0.05) is 18.2 Å². The molecule has 4 heteroatoms. The molecular formula is C10H8N2O2. The minimum atomic E-state index is 0.00301. The highest BCUT2D eigenvalue weighted by Gasteiger charge is 2.08. The molecule has 2 rings (SSSR count). The van der Waals surface area contributed by atoms with E-state index in [0.717, 1.165) is 11.1 Å². The van der Waals surface area contributed by atoms with Gasteiger partial charge in [-0.2, -0.15) is 0 Å². The molecule has 0 aliphatic carbocycles. The summed E-state index contributed by atoms with van der Waals surface area (Å²) in [6.45, 7) is 1.94. The van der Waals surface area contributed by atoms with Gasteiger partial charge in [0.25, 0.3) is 5.89 Å². The lowest BCUT2D eigenvalue weighted by Gasteiger charge is -1.97. The van der Waals surface area contributed by atoms with E-state index in [1.54, 1.807) is 0 Å². The van der Waals surface area contributed by atoms with Crippen LogP contribution in [0.1, 0.15) is 16.2 Å². The maximum Gasteiger partial charge on any atom is 0.280 e. The second-order valence-electron chi connectivity index (χ2n) is 2.88. The van der Waals surface area contributed by atoms with Crippen LogP contribution in [0.4, 0.5) is 0 Å². The van der Waals surface area contributed by atoms with E-state index in [-0.39, 0.29) is 5.89 Å². The molecule has 1 aromatic carbocycles. The van der Waals surface area contributed by atoms with Crippen molar-refractivity contribution >= 4 is 6.29 Å². The van der Waals surface area contributed by atoms with Crippen LogP contribution in [0, 0.1) is 6.92 Å². The number of benzene rings is 1. The topological polar surface area (TPSA) is 56.0 Å². The zero-order valence-electron chi connectivity index (χ0n) is 7.60. The van der Waals surface area contributed by atoms with Gasteiger partial charge in [-0.3, -0.25) is 4.79 Å². The molecular weight excluding hydrogens is 180 g/mol. The highest BCUT2D eigenvalue weighted by molar-refractivity contribution is 5.68. The number of nitrogens with zero attached hydrogens (tertiary/aromatic N) is 2. The Morgan fingerprint density at radius 1 is 1.29 bits per heavy atom. The molecule has 0 bridgehead atoms. The van der Waals surface area contributed by atoms with Crippen LogP contribution < -0.4 is 0 Å². The Balaban J connectivity index is 2.49. The average Bonchev–Trinajstić information content (AvgIpc) is 2.67. The van der Waals surface area contributed by atoms with Gasteiger partial charge in [-0.05, 0) is 18.6 Å². The summed E-state index contributed by atoms with van der Waals surface area (Å²) in [5.41, 5.74) is 1.89. The quantitative estimate of drug-likeness (QED) is 0.675. The predicted molar refractivity (Wildman–Crippen MR) is 49.9 cm³/mol. The van der Waals surface area contributed by atoms with E-state index in [1.165, 1.54) is 0 Å². The highest BCUT2D eigenvalue weighted by Crippen LogP contribution is 2.20. The summed E-state index contributed by atoms with van der Waals surface area (Å²) in [5, 5.41) is 7.34. The van der Waals surface area contributed by atoms with Crippen molar-refractivity contribution in [3.05, 3.63) is 35.7 Å². The summed E-state index contributed by atoms with van der Waals surface area (Å²) in [4.78, 5) is 10.3. The minimum absolute atomic E-state index is 0.00301. The van der Waals surface area contributed by atoms with Crippen LogP contribution >= 0.6 is 0 Å². The molecule has 0 amide bonds. The summed E-state index contributed by atoms with van der Waals surface area (Å²) in [5.74, 6) is 0.383. The highest BCUT2D eigenvalue weighted by atomic mass is 16.4. The molecule has 1 aromatic heterocycles. The van der Waals surface area contributed by atoms with Crippen LogP contribution in [0.2, 0.25) is 0 Å². The Bertz CT molecular complexity index is 463. The predicted octanol–water partition coefficient (Wildman–Crippen LogP) is 1.86. The minimum Gasteiger partial charge on any atom is -0.414 e. The number of rotatable bonds is 2. The third kappa shape index (κ3) is 1.42. The average molecular weight is 188 g/mol. The van der Waals surface area contributed by atoms with Gasteiger partial charge in [0.15, 0.2) is 0 Å². The molecule has 0 N–H and O–H groups in total. The van der Waals surface area contributed by atoms with Gasteiger partial charge >= 0.3 is 0 Å². The van der Waals surface area contributed by atoms with Gasteiger partial charge < -0.3 is 4.42 Å². The third-order valence-electron chi connectivity index (χ3n) is 1.92. The fourth-order valence-corrected chi connectivity index (χ4v) is 1.20. The smallest absolute Gasteiger partial charge is 0.280 e. The van der Waals surface area contributed by atoms with E-state index < -0.39 is 0 Å². The van der Waals surface area contributed by atoms with Crippen LogP contribution in [0.25, 0.3) is 11.5 Å². The lowest BCUT2D eigenvalue weighted by Crippen LogP contribution is -1.81. The van der Waals surface area contributed by atoms with Crippen LogP contribution in [-0.2, 0) is 0 Å². The maximum atomic E-state index is 10.3. The lowest BCUT2D eigenvalue weighted by atomic mass is 10.1. The van der Waals surface area contributed by atoms with E-state index >= 15 is 0 Å². The van der Waals surface area contributed by atoms with E-state index in [9.17, 15) is 4.79 Å². The Hall–Kier alpha value is -1.97. The van der Waals surface area contributed by atoms with Gasteiger partial charge in [0.1, 0.15) is 0 Å². The number of hydrogen-bond acceptors (Lipinski definition) is 4. The van der Waals surface area contributed by atoms with Gasteiger partial charge in [-0.25, -0.2) is 0 Å². The van der Waals surface area contributed by atoms with Crippen molar-refractivity contribution in [2.45, 2.75) is 6.92 Å². The molecule has 2 aromatic rings. The molecule has 14 heavy (non-hydrogen) atoms. The van der Waals surface area contributed by atoms with Crippen LogP contribution in [-0.4, -0.2) is 16.5 Å². The molecule has 0 aliphatic heterocycles. The molecule has 0 radical (unpaired) electrons. The first kappa shape index (κ1) is 8.62. The summed E-state index contributed by atoms with van der Waals surface area (Å²) in [6, 6.07) is 7.63. The first-order valence-corrected chi connectivity index (χ1v) is 4.16. The lowest BCUT2D eigenvalue weighted by molar-refractivity contribution is 0.109. The monoisotopic (exact) mass is 188 g/mol. The van der Waals surface area contributed by atoms with Gasteiger partial charge in [-0.15, -0.1) is 10.2 Å². The van der Waals surface area contributed by atoms with Crippen molar-refractivity contribution in [1.82, 2.24) is 10.2 Å². The number of hydrogen-bond donors (Lipinski definition) is 0. The SMILES string of the molecule is Cc1ccccc1-c1nnc(C=O)o1. The molecule has 0 spiro atoms. The van der Waals surface area contributed by atoms with E-state index in [2.05, 4.69) is 10.2 Å². The molecule has 0 atom stereocenters. The molecule has 0 aliphatic rings. The van der Waals surface area contributed by atoms with Gasteiger partial charge in [0.2, 0.25) is 12.2 Å². The largest absolute Gasteiger partial charge is 0.414 e. The zero-order valence-corrected chi connectivity index (χ0v) is 7.60. The van der Waals surface area contributed by atoms with Crippen LogP contribution in [0.15, 0.2) is 28.7 Å². The fraction of sp³-hybridized carbons (Fsp3) is 0.100. The maximum absolute atomic E-state index is 10.3. The van der Waals surface area contributed by atoms with E-state index in [1.807, 2.05) is 31.2 Å². The number of carbonyl (C=O) groups excluding carboxylic acids is 1. The molecule has 0 saturated heterocycles. The molecule has 0 fully saturated rings. The molecule has 0 saturated carbocycles. The van der Waals surface area contributed by atoms with E-state index in [0.29, 0.717) is 12.2 Å². The molecule has 1 heterocycles.